The van der Waals surface area contributed by atoms with Gasteiger partial charge in [-0.15, -0.1) is 5.10 Å². The highest BCUT2D eigenvalue weighted by molar-refractivity contribution is 6.33. The summed E-state index contributed by atoms with van der Waals surface area (Å²) in [7, 11) is 0. The summed E-state index contributed by atoms with van der Waals surface area (Å²) in [6.07, 6.45) is 2.64. The molecule has 3 aromatic rings. The first-order valence-corrected chi connectivity index (χ1v) is 10.6. The van der Waals surface area contributed by atoms with Gasteiger partial charge in [-0.2, -0.15) is 5.10 Å². The lowest BCUT2D eigenvalue weighted by atomic mass is 10.00. The molecule has 7 heteroatoms. The molecular formula is C23H25ClN4O2. The molecule has 156 valence electrons. The van der Waals surface area contributed by atoms with Crippen molar-refractivity contribution < 1.29 is 9.53 Å². The molecule has 6 nitrogen and oxygen atoms in total. The topological polar surface area (TPSA) is 67.4 Å². The van der Waals surface area contributed by atoms with Gasteiger partial charge < -0.3 is 15.0 Å². The van der Waals surface area contributed by atoms with Crippen molar-refractivity contribution in [2.24, 2.45) is 0 Å². The second kappa shape index (κ2) is 8.98. The van der Waals surface area contributed by atoms with Crippen LogP contribution < -0.4 is 10.2 Å². The molecule has 30 heavy (non-hydrogen) atoms. The summed E-state index contributed by atoms with van der Waals surface area (Å²) >= 11 is 6.49. The van der Waals surface area contributed by atoms with Crippen LogP contribution in [0.1, 0.15) is 30.6 Å². The van der Waals surface area contributed by atoms with Crippen molar-refractivity contribution >= 4 is 34.1 Å². The van der Waals surface area contributed by atoms with Gasteiger partial charge in [0, 0.05) is 46.1 Å². The summed E-state index contributed by atoms with van der Waals surface area (Å²) in [5.41, 5.74) is 2.35. The second-order valence-electron chi connectivity index (χ2n) is 7.55. The van der Waals surface area contributed by atoms with E-state index in [1.807, 2.05) is 38.1 Å². The Bertz CT molecular complexity index is 1070. The average molecular weight is 425 g/mol. The van der Waals surface area contributed by atoms with Crippen LogP contribution in [0.25, 0.3) is 21.9 Å². The van der Waals surface area contributed by atoms with Crippen molar-refractivity contribution in [1.29, 1.82) is 0 Å². The SMILES string of the molecule is CCC(C)NC(=O)c1ccc(Cl)c(-c2ccc3c(N4CCOCC4)nncc3c2)c1. The highest BCUT2D eigenvalue weighted by Gasteiger charge is 2.17. The van der Waals surface area contributed by atoms with Crippen molar-refractivity contribution in [3.63, 3.8) is 0 Å². The van der Waals surface area contributed by atoms with Gasteiger partial charge in [-0.25, -0.2) is 0 Å². The summed E-state index contributed by atoms with van der Waals surface area (Å²) in [5.74, 6) is 0.777. The zero-order valence-corrected chi connectivity index (χ0v) is 17.9. The molecule has 1 aliphatic rings. The summed E-state index contributed by atoms with van der Waals surface area (Å²) in [5, 5.41) is 14.2. The lowest BCUT2D eigenvalue weighted by Gasteiger charge is -2.28. The molecule has 1 N–H and O–H groups in total. The molecule has 0 bridgehead atoms. The number of hydrogen-bond donors (Lipinski definition) is 1. The van der Waals surface area contributed by atoms with Crippen molar-refractivity contribution in [2.45, 2.75) is 26.3 Å². The number of anilines is 1. The molecule has 1 saturated heterocycles. The first-order valence-electron chi connectivity index (χ1n) is 10.3. The molecule has 4 rings (SSSR count). The minimum absolute atomic E-state index is 0.0940. The van der Waals surface area contributed by atoms with E-state index in [0.29, 0.717) is 23.8 Å². The first kappa shape index (κ1) is 20.6. The van der Waals surface area contributed by atoms with Crippen molar-refractivity contribution in [3.05, 3.63) is 53.2 Å². The number of aromatic nitrogens is 2. The Morgan fingerprint density at radius 1 is 1.23 bits per heavy atom. The van der Waals surface area contributed by atoms with E-state index in [4.69, 9.17) is 16.3 Å². The van der Waals surface area contributed by atoms with Crippen LogP contribution in [-0.4, -0.2) is 48.4 Å². The number of morpholine rings is 1. The maximum absolute atomic E-state index is 12.6. The molecule has 1 unspecified atom stereocenters. The average Bonchev–Trinajstić information content (AvgIpc) is 2.79. The van der Waals surface area contributed by atoms with E-state index in [1.165, 1.54) is 0 Å². The minimum atomic E-state index is -0.0940. The van der Waals surface area contributed by atoms with Crippen molar-refractivity contribution in [3.8, 4) is 11.1 Å². The number of carbonyl (C=O) groups excluding carboxylic acids is 1. The third-order valence-electron chi connectivity index (χ3n) is 5.48. The minimum Gasteiger partial charge on any atom is -0.378 e. The fourth-order valence-corrected chi connectivity index (χ4v) is 3.77. The van der Waals surface area contributed by atoms with Crippen LogP contribution >= 0.6 is 11.6 Å². The van der Waals surface area contributed by atoms with E-state index in [2.05, 4.69) is 20.4 Å². The number of carbonyl (C=O) groups is 1. The van der Waals surface area contributed by atoms with Crippen LogP contribution in [0.2, 0.25) is 5.02 Å². The van der Waals surface area contributed by atoms with Crippen molar-refractivity contribution in [2.75, 3.05) is 31.2 Å². The van der Waals surface area contributed by atoms with E-state index in [-0.39, 0.29) is 11.9 Å². The first-order chi connectivity index (χ1) is 14.6. The van der Waals surface area contributed by atoms with Gasteiger partial charge >= 0.3 is 0 Å². The summed E-state index contributed by atoms with van der Waals surface area (Å²) < 4.78 is 5.45. The quantitative estimate of drug-likeness (QED) is 0.660. The van der Waals surface area contributed by atoms with Crippen LogP contribution in [0.15, 0.2) is 42.6 Å². The fraction of sp³-hybridized carbons (Fsp3) is 0.348. The zero-order chi connectivity index (χ0) is 21.1. The van der Waals surface area contributed by atoms with Crippen molar-refractivity contribution in [1.82, 2.24) is 15.5 Å². The lowest BCUT2D eigenvalue weighted by molar-refractivity contribution is 0.0939. The summed E-state index contributed by atoms with van der Waals surface area (Å²) in [6.45, 7) is 7.02. The third kappa shape index (κ3) is 4.25. The molecule has 1 aliphatic heterocycles. The zero-order valence-electron chi connectivity index (χ0n) is 17.2. The molecule has 0 radical (unpaired) electrons. The summed E-state index contributed by atoms with van der Waals surface area (Å²) in [4.78, 5) is 14.8. The largest absolute Gasteiger partial charge is 0.378 e. The molecule has 1 atom stereocenters. The number of nitrogens with zero attached hydrogens (tertiary/aromatic N) is 3. The lowest BCUT2D eigenvalue weighted by Crippen LogP contribution is -2.37. The monoisotopic (exact) mass is 424 g/mol. The smallest absolute Gasteiger partial charge is 0.251 e. The van der Waals surface area contributed by atoms with Crippen LogP contribution in [-0.2, 0) is 4.74 Å². The van der Waals surface area contributed by atoms with E-state index >= 15 is 0 Å². The second-order valence-corrected chi connectivity index (χ2v) is 7.95. The fourth-order valence-electron chi connectivity index (χ4n) is 3.55. The Morgan fingerprint density at radius 3 is 2.80 bits per heavy atom. The number of halogens is 1. The van der Waals surface area contributed by atoms with Gasteiger partial charge in [0.15, 0.2) is 5.82 Å². The van der Waals surface area contributed by atoms with Gasteiger partial charge in [-0.05, 0) is 49.2 Å². The number of hydrogen-bond acceptors (Lipinski definition) is 5. The Labute approximate surface area is 181 Å². The Kier molecular flexibility index (Phi) is 6.16. The number of rotatable bonds is 5. The third-order valence-corrected chi connectivity index (χ3v) is 5.81. The van der Waals surface area contributed by atoms with Crippen LogP contribution in [0.4, 0.5) is 5.82 Å². The Hall–Kier alpha value is -2.70. The summed E-state index contributed by atoms with van der Waals surface area (Å²) in [6, 6.07) is 11.6. The molecule has 0 aliphatic carbocycles. The molecule has 2 heterocycles. The Balaban J connectivity index is 1.69. The van der Waals surface area contributed by atoms with E-state index in [9.17, 15) is 4.79 Å². The highest BCUT2D eigenvalue weighted by Crippen LogP contribution is 2.33. The predicted molar refractivity (Wildman–Crippen MR) is 120 cm³/mol. The van der Waals surface area contributed by atoms with E-state index in [0.717, 1.165) is 47.2 Å². The van der Waals surface area contributed by atoms with Gasteiger partial charge in [0.1, 0.15) is 0 Å². The maximum atomic E-state index is 12.6. The molecule has 1 amide bonds. The van der Waals surface area contributed by atoms with Crippen LogP contribution in [0.5, 0.6) is 0 Å². The standard InChI is InChI=1S/C23H25ClN4O2/c1-3-15(2)26-23(29)17-5-7-21(24)20(13-17)16-4-6-19-18(12-16)14-25-27-22(19)28-8-10-30-11-9-28/h4-7,12-15H,3,8-11H2,1-2H3,(H,26,29). The maximum Gasteiger partial charge on any atom is 0.251 e. The highest BCUT2D eigenvalue weighted by atomic mass is 35.5. The molecule has 0 saturated carbocycles. The number of ether oxygens (including phenoxy) is 1. The van der Waals surface area contributed by atoms with Gasteiger partial charge in [-0.1, -0.05) is 24.6 Å². The normalized spacial score (nSPS) is 15.2. The molecule has 1 fully saturated rings. The van der Waals surface area contributed by atoms with E-state index in [1.54, 1.807) is 18.3 Å². The number of benzene rings is 2. The molecule has 0 spiro atoms. The molecular weight excluding hydrogens is 400 g/mol. The number of fused-ring (bicyclic) bond motifs is 1. The number of nitrogens with one attached hydrogen (secondary N) is 1. The van der Waals surface area contributed by atoms with E-state index < -0.39 is 0 Å². The molecule has 1 aromatic heterocycles. The number of amides is 1. The van der Waals surface area contributed by atoms with Gasteiger partial charge in [-0.3, -0.25) is 4.79 Å². The van der Waals surface area contributed by atoms with Crippen LogP contribution in [0.3, 0.4) is 0 Å². The Morgan fingerprint density at radius 2 is 2.03 bits per heavy atom. The predicted octanol–water partition coefficient (Wildman–Crippen LogP) is 4.32. The van der Waals surface area contributed by atoms with Gasteiger partial charge in [0.25, 0.3) is 5.91 Å². The molecule has 2 aromatic carbocycles. The van der Waals surface area contributed by atoms with Crippen LogP contribution in [0, 0.1) is 0 Å². The van der Waals surface area contributed by atoms with Gasteiger partial charge in [0.05, 0.1) is 19.4 Å². The van der Waals surface area contributed by atoms with Gasteiger partial charge in [0.2, 0.25) is 0 Å².